The molecule has 1 N–H and O–H groups in total. The zero-order valence-corrected chi connectivity index (χ0v) is 15.0. The Kier molecular flexibility index (Phi) is 9.22. The second-order valence-corrected chi connectivity index (χ2v) is 6.06. The molecule has 0 spiro atoms. The lowest BCUT2D eigenvalue weighted by Gasteiger charge is -2.30. The molecular formula is C18H29ClN2O2. The fraction of sp³-hybridized carbons (Fsp3) is 0.611. The fourth-order valence-corrected chi connectivity index (χ4v) is 3.07. The Morgan fingerprint density at radius 1 is 1.39 bits per heavy atom. The van der Waals surface area contributed by atoms with Gasteiger partial charge in [-0.25, -0.2) is 0 Å². The van der Waals surface area contributed by atoms with Crippen LogP contribution in [0.5, 0.6) is 0 Å². The monoisotopic (exact) mass is 340 g/mol. The molecule has 23 heavy (non-hydrogen) atoms. The molecule has 1 aromatic rings. The van der Waals surface area contributed by atoms with Gasteiger partial charge in [0.1, 0.15) is 0 Å². The van der Waals surface area contributed by atoms with Crippen LogP contribution in [0, 0.1) is 5.92 Å². The molecule has 0 bridgehead atoms. The highest BCUT2D eigenvalue weighted by atomic mass is 35.5. The molecule has 1 aliphatic heterocycles. The zero-order chi connectivity index (χ0) is 15.8. The van der Waals surface area contributed by atoms with Crippen LogP contribution in [0.1, 0.15) is 37.8 Å². The van der Waals surface area contributed by atoms with Crippen LogP contribution in [0.2, 0.25) is 0 Å². The third kappa shape index (κ3) is 6.13. The van der Waals surface area contributed by atoms with Gasteiger partial charge in [0.25, 0.3) is 0 Å². The van der Waals surface area contributed by atoms with Gasteiger partial charge in [0, 0.05) is 20.1 Å². The van der Waals surface area contributed by atoms with Gasteiger partial charge in [0.15, 0.2) is 0 Å². The summed E-state index contributed by atoms with van der Waals surface area (Å²) in [7, 11) is 1.68. The maximum Gasteiger partial charge on any atom is 0.223 e. The van der Waals surface area contributed by atoms with Crippen molar-refractivity contribution >= 4 is 18.3 Å². The number of hydrogen-bond donors (Lipinski definition) is 1. The number of nitrogens with zero attached hydrogens (tertiary/aromatic N) is 1. The quantitative estimate of drug-likeness (QED) is 0.791. The van der Waals surface area contributed by atoms with E-state index in [0.717, 1.165) is 19.5 Å². The van der Waals surface area contributed by atoms with E-state index in [1.807, 2.05) is 23.1 Å². The third-order valence-electron chi connectivity index (χ3n) is 4.53. The number of carbonyl (C=O) groups is 1. The number of ether oxygens (including phenoxy) is 1. The first-order chi connectivity index (χ1) is 10.7. The first-order valence-electron chi connectivity index (χ1n) is 8.26. The summed E-state index contributed by atoms with van der Waals surface area (Å²) in [6.07, 6.45) is 2.81. The molecule has 4 nitrogen and oxygen atoms in total. The highest BCUT2D eigenvalue weighted by molar-refractivity contribution is 5.85. The van der Waals surface area contributed by atoms with Crippen LogP contribution in [0.3, 0.4) is 0 Å². The molecule has 2 atom stereocenters. The lowest BCUT2D eigenvalue weighted by atomic mass is 10.0. The second kappa shape index (κ2) is 10.6. The number of benzene rings is 1. The van der Waals surface area contributed by atoms with E-state index in [2.05, 4.69) is 24.4 Å². The Hall–Kier alpha value is -1.10. The first kappa shape index (κ1) is 19.9. The molecular weight excluding hydrogens is 312 g/mol. The summed E-state index contributed by atoms with van der Waals surface area (Å²) in [5.74, 6) is 0.889. The largest absolute Gasteiger partial charge is 0.383 e. The highest BCUT2D eigenvalue weighted by Crippen LogP contribution is 2.22. The molecule has 5 heteroatoms. The number of carbonyl (C=O) groups excluding carboxylic acids is 1. The topological polar surface area (TPSA) is 41.6 Å². The van der Waals surface area contributed by atoms with Crippen LogP contribution in [0.25, 0.3) is 0 Å². The number of halogens is 1. The third-order valence-corrected chi connectivity index (χ3v) is 4.53. The lowest BCUT2D eigenvalue weighted by molar-refractivity contribution is -0.134. The average Bonchev–Trinajstić information content (AvgIpc) is 3.07. The molecule has 1 heterocycles. The molecule has 1 amide bonds. The Labute approximate surface area is 146 Å². The van der Waals surface area contributed by atoms with Crippen LogP contribution in [-0.2, 0) is 9.53 Å². The van der Waals surface area contributed by atoms with Gasteiger partial charge in [0.2, 0.25) is 5.91 Å². The SMILES string of the molecule is COCCN(C(=O)CCC1CCNC1)C(C)c1ccccc1.Cl. The van der Waals surface area contributed by atoms with E-state index in [4.69, 9.17) is 4.74 Å². The number of rotatable bonds is 8. The minimum atomic E-state index is 0. The highest BCUT2D eigenvalue weighted by Gasteiger charge is 2.23. The van der Waals surface area contributed by atoms with E-state index in [9.17, 15) is 4.79 Å². The van der Waals surface area contributed by atoms with Crippen LogP contribution in [-0.4, -0.2) is 44.2 Å². The van der Waals surface area contributed by atoms with Gasteiger partial charge in [0.05, 0.1) is 12.6 Å². The van der Waals surface area contributed by atoms with Crippen molar-refractivity contribution in [3.8, 4) is 0 Å². The lowest BCUT2D eigenvalue weighted by Crippen LogP contribution is -2.36. The molecule has 0 saturated carbocycles. The number of amides is 1. The molecule has 2 unspecified atom stereocenters. The summed E-state index contributed by atoms with van der Waals surface area (Å²) in [6.45, 7) is 5.47. The van der Waals surface area contributed by atoms with Crippen molar-refractivity contribution in [2.45, 2.75) is 32.2 Å². The molecule has 1 saturated heterocycles. The summed E-state index contributed by atoms with van der Waals surface area (Å²) in [5, 5.41) is 3.36. The van der Waals surface area contributed by atoms with Gasteiger partial charge in [-0.2, -0.15) is 0 Å². The van der Waals surface area contributed by atoms with Crippen LogP contribution in [0.4, 0.5) is 0 Å². The van der Waals surface area contributed by atoms with Crippen molar-refractivity contribution < 1.29 is 9.53 Å². The van der Waals surface area contributed by atoms with Gasteiger partial charge in [-0.1, -0.05) is 30.3 Å². The van der Waals surface area contributed by atoms with E-state index >= 15 is 0 Å². The smallest absolute Gasteiger partial charge is 0.223 e. The van der Waals surface area contributed by atoms with Crippen LogP contribution >= 0.6 is 12.4 Å². The molecule has 1 fully saturated rings. The molecule has 0 radical (unpaired) electrons. The maximum absolute atomic E-state index is 12.7. The van der Waals surface area contributed by atoms with Crippen LogP contribution in [0.15, 0.2) is 30.3 Å². The van der Waals surface area contributed by atoms with Gasteiger partial charge >= 0.3 is 0 Å². The summed E-state index contributed by atoms with van der Waals surface area (Å²) >= 11 is 0. The summed E-state index contributed by atoms with van der Waals surface area (Å²) < 4.78 is 5.18. The molecule has 1 aromatic carbocycles. The van der Waals surface area contributed by atoms with Gasteiger partial charge in [-0.05, 0) is 44.3 Å². The van der Waals surface area contributed by atoms with Crippen molar-refractivity contribution in [1.82, 2.24) is 10.2 Å². The number of nitrogens with one attached hydrogen (secondary N) is 1. The predicted octanol–water partition coefficient (Wildman–Crippen LogP) is 3.03. The van der Waals surface area contributed by atoms with E-state index in [-0.39, 0.29) is 24.4 Å². The molecule has 0 aromatic heterocycles. The Morgan fingerprint density at radius 2 is 2.13 bits per heavy atom. The summed E-state index contributed by atoms with van der Waals surface area (Å²) in [5.41, 5.74) is 1.18. The minimum Gasteiger partial charge on any atom is -0.383 e. The Balaban J connectivity index is 0.00000264. The molecule has 0 aliphatic carbocycles. The van der Waals surface area contributed by atoms with Gasteiger partial charge < -0.3 is 15.0 Å². The van der Waals surface area contributed by atoms with Crippen molar-refractivity contribution in [2.24, 2.45) is 5.92 Å². The van der Waals surface area contributed by atoms with Crippen molar-refractivity contribution in [3.63, 3.8) is 0 Å². The summed E-state index contributed by atoms with van der Waals surface area (Å²) in [4.78, 5) is 14.6. The van der Waals surface area contributed by atoms with E-state index in [1.54, 1.807) is 7.11 Å². The molecule has 130 valence electrons. The summed E-state index contributed by atoms with van der Waals surface area (Å²) in [6, 6.07) is 10.3. The van der Waals surface area contributed by atoms with Gasteiger partial charge in [-0.3, -0.25) is 4.79 Å². The van der Waals surface area contributed by atoms with Gasteiger partial charge in [-0.15, -0.1) is 12.4 Å². The first-order valence-corrected chi connectivity index (χ1v) is 8.26. The Morgan fingerprint density at radius 3 is 2.74 bits per heavy atom. The minimum absolute atomic E-state index is 0. The predicted molar refractivity (Wildman–Crippen MR) is 95.9 cm³/mol. The van der Waals surface area contributed by atoms with E-state index in [0.29, 0.717) is 25.5 Å². The number of methoxy groups -OCH3 is 1. The van der Waals surface area contributed by atoms with E-state index in [1.165, 1.54) is 12.0 Å². The standard InChI is InChI=1S/C18H28N2O2.ClH/c1-15(17-6-4-3-5-7-17)20(12-13-22-2)18(21)9-8-16-10-11-19-14-16;/h3-7,15-16,19H,8-14H2,1-2H3;1H. The normalized spacial score (nSPS) is 18.3. The van der Waals surface area contributed by atoms with Crippen molar-refractivity contribution in [3.05, 3.63) is 35.9 Å². The fourth-order valence-electron chi connectivity index (χ4n) is 3.07. The number of hydrogen-bond acceptors (Lipinski definition) is 3. The van der Waals surface area contributed by atoms with E-state index < -0.39 is 0 Å². The van der Waals surface area contributed by atoms with Crippen LogP contribution < -0.4 is 5.32 Å². The molecule has 2 rings (SSSR count). The maximum atomic E-state index is 12.7. The molecule has 1 aliphatic rings. The van der Waals surface area contributed by atoms with Crippen molar-refractivity contribution in [2.75, 3.05) is 33.4 Å². The van der Waals surface area contributed by atoms with Crippen molar-refractivity contribution in [1.29, 1.82) is 0 Å². The second-order valence-electron chi connectivity index (χ2n) is 6.06. The average molecular weight is 341 g/mol. The zero-order valence-electron chi connectivity index (χ0n) is 14.2. The Bertz CT molecular complexity index is 450.